The molecular weight excluding hydrogens is 295 g/mol. The van der Waals surface area contributed by atoms with E-state index in [1.54, 1.807) is 6.92 Å². The molecule has 0 radical (unpaired) electrons. The number of hydrogen-bond donors (Lipinski definition) is 4. The molecule has 2 unspecified atom stereocenters. The summed E-state index contributed by atoms with van der Waals surface area (Å²) in [5.41, 5.74) is 0.0139. The van der Waals surface area contributed by atoms with Gasteiger partial charge in [-0.05, 0) is 18.6 Å². The molecule has 3 rings (SSSR count). The average molecular weight is 310 g/mol. The summed E-state index contributed by atoms with van der Waals surface area (Å²) < 4.78 is 18.9. The number of aromatic amines is 1. The van der Waals surface area contributed by atoms with Crippen molar-refractivity contribution < 1.29 is 24.4 Å². The van der Waals surface area contributed by atoms with Gasteiger partial charge in [-0.1, -0.05) is 0 Å². The maximum Gasteiger partial charge on any atom is 0.255 e. The zero-order valence-corrected chi connectivity index (χ0v) is 11.7. The van der Waals surface area contributed by atoms with Gasteiger partial charge in [-0.3, -0.25) is 4.79 Å². The number of H-pyrrole nitrogens is 1. The number of aliphatic hydroxyl groups excluding tert-OH is 3. The summed E-state index contributed by atoms with van der Waals surface area (Å²) in [4.78, 5) is 18.5. The molecular formula is C14H15FN2O5. The van der Waals surface area contributed by atoms with Crippen LogP contribution in [0.2, 0.25) is 0 Å². The van der Waals surface area contributed by atoms with E-state index < -0.39 is 42.4 Å². The zero-order chi connectivity index (χ0) is 16.0. The average Bonchev–Trinajstić information content (AvgIpc) is 2.79. The molecule has 7 nitrogen and oxygen atoms in total. The van der Waals surface area contributed by atoms with Gasteiger partial charge in [0, 0.05) is 10.9 Å². The second-order valence-electron chi connectivity index (χ2n) is 5.31. The number of halogens is 1. The molecule has 1 saturated heterocycles. The first-order chi connectivity index (χ1) is 10.4. The summed E-state index contributed by atoms with van der Waals surface area (Å²) in [6, 6.07) is 1.39. The van der Waals surface area contributed by atoms with Crippen LogP contribution in [-0.2, 0) is 4.74 Å². The standard InChI is InChI=1S/C14H15FN2O5/c1-5-6-2-7(12-11(20)10(19)9(4-18)22-12)14(21)17-13(6)16-3-8(5)15/h2-3,9-12,18-20H,4H2,1H3,(H,16,17,21)/t9-,10?,11?,12+/m1/s1. The van der Waals surface area contributed by atoms with Crippen molar-refractivity contribution in [1.29, 1.82) is 0 Å². The molecule has 1 aliphatic heterocycles. The molecule has 118 valence electrons. The topological polar surface area (TPSA) is 116 Å². The minimum atomic E-state index is -1.36. The molecule has 0 aromatic carbocycles. The van der Waals surface area contributed by atoms with Crippen molar-refractivity contribution in [2.24, 2.45) is 0 Å². The number of nitrogens with zero attached hydrogens (tertiary/aromatic N) is 1. The maximum absolute atomic E-state index is 13.6. The number of aliphatic hydroxyl groups is 3. The summed E-state index contributed by atoms with van der Waals surface area (Å²) in [5.74, 6) is -0.522. The van der Waals surface area contributed by atoms with Crippen LogP contribution in [0.25, 0.3) is 11.0 Å². The molecule has 2 aromatic heterocycles. The third kappa shape index (κ3) is 2.20. The van der Waals surface area contributed by atoms with Crippen molar-refractivity contribution in [2.75, 3.05) is 6.61 Å². The van der Waals surface area contributed by atoms with E-state index in [1.807, 2.05) is 0 Å². The fourth-order valence-corrected chi connectivity index (χ4v) is 2.64. The van der Waals surface area contributed by atoms with Gasteiger partial charge in [0.2, 0.25) is 0 Å². The van der Waals surface area contributed by atoms with Gasteiger partial charge in [0.25, 0.3) is 5.56 Å². The SMILES string of the molecule is Cc1c(F)cnc2[nH]c(=O)c([C@@H]3O[C@H](CO)C(O)C3O)cc12. The smallest absolute Gasteiger partial charge is 0.255 e. The van der Waals surface area contributed by atoms with Crippen molar-refractivity contribution >= 4 is 11.0 Å². The number of fused-ring (bicyclic) bond motifs is 1. The Kier molecular flexibility index (Phi) is 3.69. The number of rotatable bonds is 2. The maximum atomic E-state index is 13.6. The molecule has 0 aliphatic carbocycles. The van der Waals surface area contributed by atoms with Crippen molar-refractivity contribution in [2.45, 2.75) is 31.3 Å². The molecule has 3 heterocycles. The fraction of sp³-hybridized carbons (Fsp3) is 0.429. The van der Waals surface area contributed by atoms with E-state index in [9.17, 15) is 19.4 Å². The predicted molar refractivity (Wildman–Crippen MR) is 73.8 cm³/mol. The number of aryl methyl sites for hydroxylation is 1. The molecule has 2 aromatic rings. The van der Waals surface area contributed by atoms with Gasteiger partial charge in [0.05, 0.1) is 12.8 Å². The lowest BCUT2D eigenvalue weighted by Gasteiger charge is -2.15. The Morgan fingerprint density at radius 1 is 1.41 bits per heavy atom. The van der Waals surface area contributed by atoms with E-state index in [-0.39, 0.29) is 11.2 Å². The van der Waals surface area contributed by atoms with E-state index in [2.05, 4.69) is 9.97 Å². The number of ether oxygens (including phenoxy) is 1. The van der Waals surface area contributed by atoms with Gasteiger partial charge >= 0.3 is 0 Å². The predicted octanol–water partition coefficient (Wildman–Crippen LogP) is -0.475. The Bertz CT molecular complexity index is 778. The van der Waals surface area contributed by atoms with E-state index in [0.29, 0.717) is 10.9 Å². The molecule has 1 aliphatic rings. The van der Waals surface area contributed by atoms with Gasteiger partial charge in [-0.2, -0.15) is 0 Å². The van der Waals surface area contributed by atoms with Gasteiger partial charge in [0.1, 0.15) is 35.9 Å². The van der Waals surface area contributed by atoms with Crippen LogP contribution in [0.15, 0.2) is 17.1 Å². The van der Waals surface area contributed by atoms with Gasteiger partial charge in [-0.25, -0.2) is 9.37 Å². The van der Waals surface area contributed by atoms with E-state index in [0.717, 1.165) is 6.20 Å². The van der Waals surface area contributed by atoms with Crippen LogP contribution < -0.4 is 5.56 Å². The third-order valence-corrected chi connectivity index (χ3v) is 3.97. The summed E-state index contributed by atoms with van der Waals surface area (Å²) >= 11 is 0. The first-order valence-corrected chi connectivity index (χ1v) is 6.74. The summed E-state index contributed by atoms with van der Waals surface area (Å²) in [5, 5.41) is 29.3. The van der Waals surface area contributed by atoms with Crippen molar-refractivity contribution in [1.82, 2.24) is 9.97 Å². The Morgan fingerprint density at radius 3 is 2.77 bits per heavy atom. The lowest BCUT2D eigenvalue weighted by atomic mass is 10.0. The van der Waals surface area contributed by atoms with Crippen molar-refractivity contribution in [3.63, 3.8) is 0 Å². The van der Waals surface area contributed by atoms with Crippen molar-refractivity contribution in [3.05, 3.63) is 39.6 Å². The highest BCUT2D eigenvalue weighted by Gasteiger charge is 2.44. The van der Waals surface area contributed by atoms with Crippen LogP contribution in [-0.4, -0.2) is 50.2 Å². The number of hydrogen-bond acceptors (Lipinski definition) is 6. The molecule has 22 heavy (non-hydrogen) atoms. The van der Waals surface area contributed by atoms with Crippen molar-refractivity contribution in [3.8, 4) is 0 Å². The van der Waals surface area contributed by atoms with Crippen LogP contribution in [0.3, 0.4) is 0 Å². The molecule has 0 saturated carbocycles. The molecule has 0 spiro atoms. The van der Waals surface area contributed by atoms with Crippen LogP contribution in [0.1, 0.15) is 17.2 Å². The second kappa shape index (κ2) is 5.40. The van der Waals surface area contributed by atoms with E-state index in [1.165, 1.54) is 6.07 Å². The third-order valence-electron chi connectivity index (χ3n) is 3.97. The van der Waals surface area contributed by atoms with Gasteiger partial charge in [-0.15, -0.1) is 0 Å². The van der Waals surface area contributed by atoms with E-state index >= 15 is 0 Å². The Labute approximate surface area is 124 Å². The van der Waals surface area contributed by atoms with Crippen LogP contribution in [0.4, 0.5) is 4.39 Å². The number of pyridine rings is 2. The van der Waals surface area contributed by atoms with Gasteiger partial charge < -0.3 is 25.0 Å². The molecule has 0 bridgehead atoms. The molecule has 4 N–H and O–H groups in total. The minimum Gasteiger partial charge on any atom is -0.394 e. The highest BCUT2D eigenvalue weighted by atomic mass is 19.1. The molecule has 8 heteroatoms. The summed E-state index contributed by atoms with van der Waals surface area (Å²) in [6.45, 7) is 1.05. The quantitative estimate of drug-likeness (QED) is 0.596. The van der Waals surface area contributed by atoms with Crippen LogP contribution >= 0.6 is 0 Å². The monoisotopic (exact) mass is 310 g/mol. The first kappa shape index (κ1) is 15.0. The van der Waals surface area contributed by atoms with Gasteiger partial charge in [0.15, 0.2) is 0 Å². The lowest BCUT2D eigenvalue weighted by Crippen LogP contribution is -2.33. The Morgan fingerprint density at radius 2 is 2.14 bits per heavy atom. The van der Waals surface area contributed by atoms with Crippen LogP contribution in [0, 0.1) is 12.7 Å². The van der Waals surface area contributed by atoms with Crippen LogP contribution in [0.5, 0.6) is 0 Å². The normalized spacial score (nSPS) is 28.4. The summed E-state index contributed by atoms with van der Waals surface area (Å²) in [6.07, 6.45) is -3.75. The largest absolute Gasteiger partial charge is 0.394 e. The van der Waals surface area contributed by atoms with E-state index in [4.69, 9.17) is 9.84 Å². The fourth-order valence-electron chi connectivity index (χ4n) is 2.64. The zero-order valence-electron chi connectivity index (χ0n) is 11.7. The first-order valence-electron chi connectivity index (χ1n) is 6.74. The Balaban J connectivity index is 2.13. The lowest BCUT2D eigenvalue weighted by molar-refractivity contribution is -0.0231. The Hall–Kier alpha value is -1.87. The highest BCUT2D eigenvalue weighted by Crippen LogP contribution is 2.33. The summed E-state index contributed by atoms with van der Waals surface area (Å²) in [7, 11) is 0. The minimum absolute atomic E-state index is 0.0468. The number of aromatic nitrogens is 2. The second-order valence-corrected chi connectivity index (χ2v) is 5.31. The number of nitrogens with one attached hydrogen (secondary N) is 1. The molecule has 0 amide bonds. The molecule has 1 fully saturated rings. The molecule has 4 atom stereocenters. The highest BCUT2D eigenvalue weighted by molar-refractivity contribution is 5.79.